The fraction of sp³-hybridized carbons (Fsp3) is 0.333. The van der Waals surface area contributed by atoms with Gasteiger partial charge in [-0.05, 0) is 49.1 Å². The maximum Gasteiger partial charge on any atom is 0.258 e. The van der Waals surface area contributed by atoms with Crippen molar-refractivity contribution in [1.82, 2.24) is 24.1 Å². The van der Waals surface area contributed by atoms with Gasteiger partial charge >= 0.3 is 0 Å². The van der Waals surface area contributed by atoms with Crippen LogP contribution in [0.2, 0.25) is 0 Å². The average molecular weight is 450 g/mol. The molecule has 8 heteroatoms. The topological polar surface area (TPSA) is 74.3 Å². The molecule has 1 aromatic carbocycles. The van der Waals surface area contributed by atoms with Gasteiger partial charge in [-0.2, -0.15) is 0 Å². The number of aryl methyl sites for hydroxylation is 1. The molecular weight excluding hydrogens is 422 g/mol. The highest BCUT2D eigenvalue weighted by atomic mass is 32.2. The lowest BCUT2D eigenvalue weighted by Gasteiger charge is -2.12. The maximum absolute atomic E-state index is 12.5. The maximum atomic E-state index is 12.5. The number of ether oxygens (including phenoxy) is 1. The molecule has 0 fully saturated rings. The Hall–Kier alpha value is -3.13. The summed E-state index contributed by atoms with van der Waals surface area (Å²) in [6, 6.07) is 15.1. The molecule has 0 aliphatic rings. The van der Waals surface area contributed by atoms with E-state index in [0.717, 1.165) is 41.0 Å². The lowest BCUT2D eigenvalue weighted by molar-refractivity contribution is 0.285. The van der Waals surface area contributed by atoms with E-state index in [1.165, 1.54) is 11.8 Å². The third kappa shape index (κ3) is 5.37. The summed E-state index contributed by atoms with van der Waals surface area (Å²) >= 11 is 1.54. The first kappa shape index (κ1) is 22.1. The number of para-hydroxylation sites is 1. The highest BCUT2D eigenvalue weighted by molar-refractivity contribution is 7.98. The fourth-order valence-electron chi connectivity index (χ4n) is 3.28. The number of aromatic nitrogens is 5. The van der Waals surface area contributed by atoms with Gasteiger partial charge in [0, 0.05) is 24.6 Å². The Labute approximate surface area is 191 Å². The Kier molecular flexibility index (Phi) is 6.90. The molecule has 0 amide bonds. The van der Waals surface area contributed by atoms with E-state index in [0.29, 0.717) is 23.9 Å². The first-order valence-corrected chi connectivity index (χ1v) is 11.7. The van der Waals surface area contributed by atoms with E-state index in [1.807, 2.05) is 49.4 Å². The molecule has 0 unspecified atom stereocenters. The van der Waals surface area contributed by atoms with Gasteiger partial charge in [0.1, 0.15) is 18.0 Å². The predicted molar refractivity (Wildman–Crippen MR) is 126 cm³/mol. The molecule has 0 aliphatic heterocycles. The molecule has 4 rings (SSSR count). The molecule has 166 valence electrons. The van der Waals surface area contributed by atoms with Crippen molar-refractivity contribution in [1.29, 1.82) is 0 Å². The molecule has 0 atom stereocenters. The molecule has 0 bridgehead atoms. The highest BCUT2D eigenvalue weighted by Gasteiger charge is 2.15. The molecule has 0 aliphatic carbocycles. The van der Waals surface area contributed by atoms with Gasteiger partial charge in [0.25, 0.3) is 5.56 Å². The van der Waals surface area contributed by atoms with Gasteiger partial charge in [0.15, 0.2) is 11.0 Å². The summed E-state index contributed by atoms with van der Waals surface area (Å²) < 4.78 is 9.58. The van der Waals surface area contributed by atoms with Crippen LogP contribution in [0.3, 0.4) is 0 Å². The van der Waals surface area contributed by atoms with Crippen molar-refractivity contribution in [2.24, 2.45) is 5.92 Å². The second-order valence-electron chi connectivity index (χ2n) is 8.14. The number of rotatable bonds is 9. The minimum atomic E-state index is -0.0798. The first-order chi connectivity index (χ1) is 15.5. The Morgan fingerprint density at radius 1 is 1.09 bits per heavy atom. The summed E-state index contributed by atoms with van der Waals surface area (Å²) in [5.41, 5.74) is 2.37. The van der Waals surface area contributed by atoms with E-state index >= 15 is 0 Å². The second-order valence-corrected chi connectivity index (χ2v) is 9.08. The molecule has 3 aromatic heterocycles. The van der Waals surface area contributed by atoms with Crippen molar-refractivity contribution in [2.45, 2.75) is 51.3 Å². The van der Waals surface area contributed by atoms with Crippen LogP contribution in [0, 0.1) is 12.8 Å². The van der Waals surface area contributed by atoms with Gasteiger partial charge in [-0.3, -0.25) is 9.20 Å². The van der Waals surface area contributed by atoms with Crippen LogP contribution in [-0.4, -0.2) is 24.1 Å². The van der Waals surface area contributed by atoms with E-state index in [-0.39, 0.29) is 5.56 Å². The number of hydrogen-bond donors (Lipinski definition) is 0. The summed E-state index contributed by atoms with van der Waals surface area (Å²) in [6.45, 7) is 7.55. The number of nitrogens with zero attached hydrogens (tertiary/aromatic N) is 5. The smallest absolute Gasteiger partial charge is 0.258 e. The molecule has 0 spiro atoms. The van der Waals surface area contributed by atoms with Crippen LogP contribution in [0.25, 0.3) is 5.65 Å². The summed E-state index contributed by atoms with van der Waals surface area (Å²) in [5.74, 6) is 2.69. The van der Waals surface area contributed by atoms with Crippen LogP contribution in [0.1, 0.15) is 37.4 Å². The highest BCUT2D eigenvalue weighted by Crippen LogP contribution is 2.23. The van der Waals surface area contributed by atoms with Crippen molar-refractivity contribution in [3.8, 4) is 5.75 Å². The molecule has 0 N–H and O–H groups in total. The molecule has 7 nitrogen and oxygen atoms in total. The third-order valence-electron chi connectivity index (χ3n) is 5.06. The Bertz CT molecular complexity index is 1250. The Morgan fingerprint density at radius 3 is 2.69 bits per heavy atom. The standard InChI is InChI=1S/C24H27N5O2S/c1-17(2)9-11-29-22(15-31-20-7-5-4-6-8-20)26-27-24(29)32-16-19-14-23(30)28-12-10-18(3)13-21(28)25-19/h4-8,10,12-14,17H,9,11,15-16H2,1-3H3. The van der Waals surface area contributed by atoms with Crippen molar-refractivity contribution in [2.75, 3.05) is 0 Å². The minimum absolute atomic E-state index is 0.0798. The summed E-state index contributed by atoms with van der Waals surface area (Å²) in [7, 11) is 0. The normalized spacial score (nSPS) is 11.4. The van der Waals surface area contributed by atoms with E-state index in [9.17, 15) is 4.79 Å². The van der Waals surface area contributed by atoms with Crippen LogP contribution in [0.5, 0.6) is 5.75 Å². The molecule has 0 radical (unpaired) electrons. The number of fused-ring (bicyclic) bond motifs is 1. The lowest BCUT2D eigenvalue weighted by atomic mass is 10.1. The number of thioether (sulfide) groups is 1. The van der Waals surface area contributed by atoms with Gasteiger partial charge in [0.2, 0.25) is 0 Å². The van der Waals surface area contributed by atoms with Crippen LogP contribution < -0.4 is 10.3 Å². The van der Waals surface area contributed by atoms with E-state index < -0.39 is 0 Å². The lowest BCUT2D eigenvalue weighted by Crippen LogP contribution is -2.15. The van der Waals surface area contributed by atoms with Gasteiger partial charge in [-0.15, -0.1) is 10.2 Å². The Balaban J connectivity index is 1.52. The molecule has 0 saturated heterocycles. The van der Waals surface area contributed by atoms with Gasteiger partial charge in [0.05, 0.1) is 5.69 Å². The largest absolute Gasteiger partial charge is 0.486 e. The summed E-state index contributed by atoms with van der Waals surface area (Å²) in [4.78, 5) is 17.1. The van der Waals surface area contributed by atoms with E-state index in [4.69, 9.17) is 4.74 Å². The van der Waals surface area contributed by atoms with E-state index in [2.05, 4.69) is 33.6 Å². The zero-order valence-corrected chi connectivity index (χ0v) is 19.4. The van der Waals surface area contributed by atoms with Gasteiger partial charge in [-0.25, -0.2) is 4.98 Å². The summed E-state index contributed by atoms with van der Waals surface area (Å²) in [6.07, 6.45) is 2.78. The fourth-order valence-corrected chi connectivity index (χ4v) is 4.15. The van der Waals surface area contributed by atoms with Gasteiger partial charge < -0.3 is 9.30 Å². The molecule has 3 heterocycles. The zero-order chi connectivity index (χ0) is 22.5. The van der Waals surface area contributed by atoms with Crippen molar-refractivity contribution < 1.29 is 4.74 Å². The average Bonchev–Trinajstić information content (AvgIpc) is 3.17. The number of benzene rings is 1. The van der Waals surface area contributed by atoms with Crippen molar-refractivity contribution in [3.05, 3.63) is 82.2 Å². The molecular formula is C24H27N5O2S. The number of hydrogen-bond acceptors (Lipinski definition) is 6. The first-order valence-electron chi connectivity index (χ1n) is 10.7. The zero-order valence-electron chi connectivity index (χ0n) is 18.6. The molecule has 4 aromatic rings. The van der Waals surface area contributed by atoms with Crippen molar-refractivity contribution >= 4 is 17.4 Å². The molecule has 32 heavy (non-hydrogen) atoms. The minimum Gasteiger partial charge on any atom is -0.486 e. The van der Waals surface area contributed by atoms with Gasteiger partial charge in [-0.1, -0.05) is 43.8 Å². The SMILES string of the molecule is Cc1ccn2c(=O)cc(CSc3nnc(COc4ccccc4)n3CCC(C)C)nc2c1. The van der Waals surface area contributed by atoms with Crippen LogP contribution in [0.15, 0.2) is 64.7 Å². The predicted octanol–water partition coefficient (Wildman–Crippen LogP) is 4.51. The van der Waals surface area contributed by atoms with Crippen LogP contribution in [-0.2, 0) is 18.9 Å². The van der Waals surface area contributed by atoms with Crippen LogP contribution in [0.4, 0.5) is 0 Å². The monoisotopic (exact) mass is 449 g/mol. The Morgan fingerprint density at radius 2 is 1.91 bits per heavy atom. The van der Waals surface area contributed by atoms with Crippen molar-refractivity contribution in [3.63, 3.8) is 0 Å². The third-order valence-corrected chi connectivity index (χ3v) is 6.06. The number of pyridine rings is 1. The van der Waals surface area contributed by atoms with E-state index in [1.54, 1.807) is 16.7 Å². The second kappa shape index (κ2) is 9.99. The van der Waals surface area contributed by atoms with Crippen LogP contribution >= 0.6 is 11.8 Å². The summed E-state index contributed by atoms with van der Waals surface area (Å²) in [5, 5.41) is 9.60. The quantitative estimate of drug-likeness (QED) is 0.350. The molecule has 0 saturated carbocycles.